The van der Waals surface area contributed by atoms with Crippen molar-refractivity contribution in [1.82, 2.24) is 18.7 Å². The number of pyridine rings is 1. The van der Waals surface area contributed by atoms with Gasteiger partial charge < -0.3 is 18.4 Å². The summed E-state index contributed by atoms with van der Waals surface area (Å²) < 4.78 is 15.3. The van der Waals surface area contributed by atoms with E-state index in [1.807, 2.05) is 30.5 Å². The molecule has 7 heteroatoms. The van der Waals surface area contributed by atoms with Crippen molar-refractivity contribution in [3.05, 3.63) is 194 Å². The fourth-order valence-corrected chi connectivity index (χ4v) is 8.37. The summed E-state index contributed by atoms with van der Waals surface area (Å²) >= 11 is 0. The van der Waals surface area contributed by atoms with E-state index in [-0.39, 0.29) is 26.5 Å². The van der Waals surface area contributed by atoms with Crippen LogP contribution in [0.2, 0.25) is 0 Å². The second-order valence-corrected chi connectivity index (χ2v) is 15.7. The molecule has 0 aliphatic heterocycles. The van der Waals surface area contributed by atoms with Crippen molar-refractivity contribution < 1.29 is 30.4 Å². The third-order valence-corrected chi connectivity index (χ3v) is 11.1. The van der Waals surface area contributed by atoms with Crippen LogP contribution in [0.4, 0.5) is 0 Å². The topological polar surface area (TPSA) is 40.8 Å². The first-order chi connectivity index (χ1) is 28.4. The molecular weight excluding hydrogens is 906 g/mol. The van der Waals surface area contributed by atoms with Gasteiger partial charge in [0.15, 0.2) is 0 Å². The van der Waals surface area contributed by atoms with Crippen LogP contribution in [0.1, 0.15) is 26.3 Å². The van der Waals surface area contributed by atoms with Crippen molar-refractivity contribution in [3.8, 4) is 34.4 Å². The quantitative estimate of drug-likeness (QED) is 0.123. The van der Waals surface area contributed by atoms with E-state index < -0.39 is 0 Å². The van der Waals surface area contributed by atoms with Gasteiger partial charge >= 0.3 is 0 Å². The Hall–Kier alpha value is -6.75. The van der Waals surface area contributed by atoms with Crippen LogP contribution >= 0.6 is 0 Å². The van der Waals surface area contributed by atoms with Gasteiger partial charge in [-0.05, 0) is 64.5 Å². The van der Waals surface area contributed by atoms with E-state index in [0.717, 1.165) is 66.8 Å². The molecule has 4 heterocycles. The van der Waals surface area contributed by atoms with Gasteiger partial charge in [0, 0.05) is 55.1 Å². The molecule has 0 amide bonds. The van der Waals surface area contributed by atoms with E-state index >= 15 is 0 Å². The smallest absolute Gasteiger partial charge is 0.268 e. The van der Waals surface area contributed by atoms with Crippen molar-refractivity contribution in [2.75, 3.05) is 0 Å². The van der Waals surface area contributed by atoms with Crippen molar-refractivity contribution >= 4 is 54.6 Å². The van der Waals surface area contributed by atoms with Crippen LogP contribution in [-0.4, -0.2) is 18.7 Å². The molecular formula is C52H37N5OPt-2. The molecule has 4 aromatic heterocycles. The molecule has 7 aromatic carbocycles. The number of hydrogen-bond acceptors (Lipinski definition) is 2. The predicted octanol–water partition coefficient (Wildman–Crippen LogP) is 12.0. The summed E-state index contributed by atoms with van der Waals surface area (Å²) in [6.45, 7) is 6.67. The molecule has 0 saturated carbocycles. The third kappa shape index (κ3) is 6.06. The van der Waals surface area contributed by atoms with E-state index in [9.17, 15) is 0 Å². The van der Waals surface area contributed by atoms with Crippen molar-refractivity contribution in [1.29, 1.82) is 0 Å². The molecule has 11 aromatic rings. The summed E-state index contributed by atoms with van der Waals surface area (Å²) in [5.41, 5.74) is 10.4. The summed E-state index contributed by atoms with van der Waals surface area (Å²) in [7, 11) is 0. The second-order valence-electron chi connectivity index (χ2n) is 15.7. The van der Waals surface area contributed by atoms with Gasteiger partial charge in [0.1, 0.15) is 5.82 Å². The van der Waals surface area contributed by atoms with Gasteiger partial charge in [0.25, 0.3) is 6.33 Å². The van der Waals surface area contributed by atoms with Crippen molar-refractivity contribution in [3.63, 3.8) is 0 Å². The minimum absolute atomic E-state index is 0. The minimum atomic E-state index is -0.0211. The molecule has 0 bridgehead atoms. The summed E-state index contributed by atoms with van der Waals surface area (Å²) in [6, 6.07) is 64.1. The average molecular weight is 943 g/mol. The minimum Gasteiger partial charge on any atom is -0.510 e. The van der Waals surface area contributed by atoms with Crippen molar-refractivity contribution in [2.45, 2.75) is 26.2 Å². The molecule has 0 unspecified atom stereocenters. The van der Waals surface area contributed by atoms with Crippen LogP contribution < -0.4 is 9.30 Å². The summed E-state index contributed by atoms with van der Waals surface area (Å²) in [4.78, 5) is 4.84. The van der Waals surface area contributed by atoms with Gasteiger partial charge in [0.05, 0.1) is 33.4 Å². The van der Waals surface area contributed by atoms with E-state index in [1.54, 1.807) is 0 Å². The maximum atomic E-state index is 6.58. The summed E-state index contributed by atoms with van der Waals surface area (Å²) in [5.74, 6) is 2.02. The molecule has 6 nitrogen and oxygen atoms in total. The number of aromatic nitrogens is 5. The summed E-state index contributed by atoms with van der Waals surface area (Å²) in [6.07, 6.45) is 5.60. The van der Waals surface area contributed by atoms with Crippen LogP contribution in [0.5, 0.6) is 11.5 Å². The third-order valence-electron chi connectivity index (χ3n) is 11.1. The fraction of sp³-hybridized carbons (Fsp3) is 0.0769. The molecule has 59 heavy (non-hydrogen) atoms. The molecule has 0 aliphatic carbocycles. The van der Waals surface area contributed by atoms with Gasteiger partial charge in [0.2, 0.25) is 0 Å². The molecule has 0 radical (unpaired) electrons. The Labute approximate surface area is 356 Å². The molecule has 0 spiro atoms. The largest absolute Gasteiger partial charge is 0.510 e. The number of ether oxygens (including phenoxy) is 1. The van der Waals surface area contributed by atoms with Gasteiger partial charge in [-0.25, -0.2) is 4.98 Å². The van der Waals surface area contributed by atoms with Crippen molar-refractivity contribution in [2.24, 2.45) is 0 Å². The van der Waals surface area contributed by atoms with Gasteiger partial charge in [-0.1, -0.05) is 117 Å². The molecule has 288 valence electrons. The number of imidazole rings is 1. The number of para-hydroxylation sites is 7. The Morgan fingerprint density at radius 1 is 0.559 bits per heavy atom. The zero-order valence-corrected chi connectivity index (χ0v) is 34.9. The van der Waals surface area contributed by atoms with Crippen LogP contribution in [-0.2, 0) is 26.5 Å². The van der Waals surface area contributed by atoms with E-state index in [4.69, 9.17) is 9.72 Å². The second kappa shape index (κ2) is 14.3. The zero-order valence-electron chi connectivity index (χ0n) is 32.6. The Morgan fingerprint density at radius 2 is 1.17 bits per heavy atom. The van der Waals surface area contributed by atoms with Crippen LogP contribution in [0.3, 0.4) is 0 Å². The van der Waals surface area contributed by atoms with Gasteiger partial charge in [-0.15, -0.1) is 29.7 Å². The number of rotatable bonds is 6. The Kier molecular flexibility index (Phi) is 8.84. The summed E-state index contributed by atoms with van der Waals surface area (Å²) in [5, 5.41) is 4.67. The molecule has 0 N–H and O–H groups in total. The first kappa shape index (κ1) is 36.6. The average Bonchev–Trinajstić information content (AvgIpc) is 3.92. The normalized spacial score (nSPS) is 11.8. The Morgan fingerprint density at radius 3 is 1.90 bits per heavy atom. The molecule has 11 rings (SSSR count). The number of benzene rings is 7. The first-order valence-corrected chi connectivity index (χ1v) is 19.6. The monoisotopic (exact) mass is 942 g/mol. The SMILES string of the molecule is CC(C)(C)c1ccnc(-n2c3[c-]c(Oc4[c-]c(-n5[c-][n+](-c6ccccc6-n6c7ccccc7c7ccccc76)c6ccccc65)ccc4)ccc3c3ccccc32)c1.[Pt]. The molecule has 0 fully saturated rings. The standard InChI is InChI=1S/C52H37N5O.Pt/c1-52(2,3)35-29-30-53-51(31-35)57-45-22-9-6-19-41(45)42-28-27-38(33-50(42)57)58-37-16-14-15-36(32-37)54-34-55(47-24-11-10-23-46(47)54)48-25-12-13-26-49(48)56-43-20-7-4-17-39(43)40-18-5-8-21-44(40)56;/h4-31H,1-3H3;/q-2;. The predicted molar refractivity (Wildman–Crippen MR) is 233 cm³/mol. The number of nitrogens with zero attached hydrogens (tertiary/aromatic N) is 5. The number of fused-ring (bicyclic) bond motifs is 7. The van der Waals surface area contributed by atoms with E-state index in [0.29, 0.717) is 11.5 Å². The maximum Gasteiger partial charge on any atom is 0.268 e. The Bertz CT molecular complexity index is 3330. The zero-order chi connectivity index (χ0) is 39.0. The van der Waals surface area contributed by atoms with Crippen LogP contribution in [0.25, 0.3) is 77.5 Å². The van der Waals surface area contributed by atoms with E-state index in [2.05, 4.69) is 197 Å². The first-order valence-electron chi connectivity index (χ1n) is 19.6. The maximum absolute atomic E-state index is 6.58. The number of hydrogen-bond donors (Lipinski definition) is 0. The van der Waals surface area contributed by atoms with Crippen LogP contribution in [0, 0.1) is 18.5 Å². The fourth-order valence-electron chi connectivity index (χ4n) is 8.37. The molecule has 0 saturated heterocycles. The van der Waals surface area contributed by atoms with Crippen LogP contribution in [0.15, 0.2) is 170 Å². The molecule has 0 aliphatic rings. The van der Waals surface area contributed by atoms with Gasteiger partial charge in [-0.3, -0.25) is 4.57 Å². The van der Waals surface area contributed by atoms with Gasteiger partial charge in [-0.2, -0.15) is 18.2 Å². The Balaban J connectivity index is 0.00000420. The van der Waals surface area contributed by atoms with E-state index in [1.165, 1.54) is 16.3 Å². The molecule has 0 atom stereocenters.